The molecule has 8 heteroatoms. The highest BCUT2D eigenvalue weighted by atomic mass is 32.2. The lowest BCUT2D eigenvalue weighted by molar-refractivity contribution is -0.126. The van der Waals surface area contributed by atoms with E-state index < -0.39 is 10.0 Å². The largest absolute Gasteiger partial charge is 0.345 e. The lowest BCUT2D eigenvalue weighted by Crippen LogP contribution is -2.31. The van der Waals surface area contributed by atoms with Crippen LogP contribution in [0.15, 0.2) is 29.2 Å². The smallest absolute Gasteiger partial charge is 0.253 e. The normalized spacial score (nSPS) is 16.1. The number of carbonyl (C=O) groups excluding carboxylic acids is 2. The fourth-order valence-electron chi connectivity index (χ4n) is 2.18. The molecular formula is C14H19N3O4S. The first-order chi connectivity index (χ1) is 10.3. The van der Waals surface area contributed by atoms with Gasteiger partial charge in [-0.1, -0.05) is 0 Å². The molecule has 1 saturated heterocycles. The Labute approximate surface area is 130 Å². The van der Waals surface area contributed by atoms with E-state index in [0.29, 0.717) is 12.1 Å². The van der Waals surface area contributed by atoms with E-state index in [1.165, 1.54) is 34.1 Å². The number of hydrogen-bond acceptors (Lipinski definition) is 4. The summed E-state index contributed by atoms with van der Waals surface area (Å²) < 4.78 is 26.2. The van der Waals surface area contributed by atoms with Gasteiger partial charge in [-0.3, -0.25) is 9.59 Å². The molecule has 0 radical (unpaired) electrons. The zero-order valence-electron chi connectivity index (χ0n) is 12.8. The molecule has 0 aliphatic carbocycles. The lowest BCUT2D eigenvalue weighted by Gasteiger charge is -2.17. The Morgan fingerprint density at radius 3 is 2.27 bits per heavy atom. The van der Waals surface area contributed by atoms with Gasteiger partial charge in [0, 0.05) is 26.2 Å². The van der Waals surface area contributed by atoms with E-state index in [2.05, 4.69) is 0 Å². The summed E-state index contributed by atoms with van der Waals surface area (Å²) in [7, 11) is -0.477. The van der Waals surface area contributed by atoms with Crippen molar-refractivity contribution in [2.24, 2.45) is 0 Å². The molecule has 1 heterocycles. The Morgan fingerprint density at radius 2 is 1.82 bits per heavy atom. The Balaban J connectivity index is 2.24. The molecule has 0 saturated carbocycles. The number of rotatable bonds is 4. The number of likely N-dealkylation sites (N-methyl/N-ethyl adjacent to an activating group) is 1. The number of benzene rings is 1. The summed E-state index contributed by atoms with van der Waals surface area (Å²) in [6.45, 7) is 2.20. The third kappa shape index (κ3) is 2.97. The molecule has 0 unspecified atom stereocenters. The molecule has 0 N–H and O–H groups in total. The molecule has 120 valence electrons. The van der Waals surface area contributed by atoms with Crippen LogP contribution in [0.3, 0.4) is 0 Å². The second kappa shape index (κ2) is 6.05. The van der Waals surface area contributed by atoms with Crippen LogP contribution < -0.4 is 0 Å². The van der Waals surface area contributed by atoms with E-state index >= 15 is 0 Å². The zero-order chi connectivity index (χ0) is 16.5. The fourth-order valence-corrected chi connectivity index (χ4v) is 3.53. The summed E-state index contributed by atoms with van der Waals surface area (Å²) in [6.07, 6.45) is 0. The van der Waals surface area contributed by atoms with Crippen molar-refractivity contribution in [1.29, 1.82) is 0 Å². The van der Waals surface area contributed by atoms with Gasteiger partial charge in [0.15, 0.2) is 0 Å². The third-order valence-corrected chi connectivity index (χ3v) is 5.31. The van der Waals surface area contributed by atoms with E-state index in [1.54, 1.807) is 21.0 Å². The van der Waals surface area contributed by atoms with Crippen LogP contribution in [0.1, 0.15) is 17.3 Å². The molecule has 2 amide bonds. The molecule has 1 aromatic carbocycles. The van der Waals surface area contributed by atoms with Crippen LogP contribution in [-0.4, -0.2) is 68.2 Å². The van der Waals surface area contributed by atoms with Crippen molar-refractivity contribution in [3.05, 3.63) is 29.8 Å². The van der Waals surface area contributed by atoms with Crippen molar-refractivity contribution in [3.8, 4) is 0 Å². The van der Waals surface area contributed by atoms with Gasteiger partial charge in [-0.25, -0.2) is 8.42 Å². The quantitative estimate of drug-likeness (QED) is 0.792. The van der Waals surface area contributed by atoms with Crippen molar-refractivity contribution in [2.45, 2.75) is 11.8 Å². The molecule has 0 spiro atoms. The second-order valence-electron chi connectivity index (χ2n) is 5.23. The summed E-state index contributed by atoms with van der Waals surface area (Å²) in [4.78, 5) is 26.5. The van der Waals surface area contributed by atoms with Crippen LogP contribution in [-0.2, 0) is 14.8 Å². The molecule has 7 nitrogen and oxygen atoms in total. The number of nitrogens with zero attached hydrogens (tertiary/aromatic N) is 3. The average Bonchev–Trinajstić information content (AvgIpc) is 2.88. The van der Waals surface area contributed by atoms with Crippen molar-refractivity contribution in [2.75, 3.05) is 33.9 Å². The topological polar surface area (TPSA) is 78.0 Å². The van der Waals surface area contributed by atoms with Gasteiger partial charge in [0.05, 0.1) is 18.1 Å². The standard InChI is InChI=1S/C14H19N3O4S/c1-4-16-10-17(9-13(16)18)22(20,21)12-7-5-11(6-8-12)14(19)15(2)3/h5-8H,4,9-10H2,1-3H3. The van der Waals surface area contributed by atoms with E-state index in [9.17, 15) is 18.0 Å². The fraction of sp³-hybridized carbons (Fsp3) is 0.429. The number of sulfonamides is 1. The Bertz CT molecular complexity index is 683. The number of carbonyl (C=O) groups is 2. The second-order valence-corrected chi connectivity index (χ2v) is 7.17. The van der Waals surface area contributed by atoms with Crippen molar-refractivity contribution in [3.63, 3.8) is 0 Å². The van der Waals surface area contributed by atoms with Gasteiger partial charge in [0.2, 0.25) is 15.9 Å². The van der Waals surface area contributed by atoms with Crippen LogP contribution in [0.5, 0.6) is 0 Å². The zero-order valence-corrected chi connectivity index (χ0v) is 13.6. The minimum absolute atomic E-state index is 0.0655. The highest BCUT2D eigenvalue weighted by molar-refractivity contribution is 7.89. The summed E-state index contributed by atoms with van der Waals surface area (Å²) in [5.41, 5.74) is 0.414. The number of hydrogen-bond donors (Lipinski definition) is 0. The Kier molecular flexibility index (Phi) is 4.52. The maximum atomic E-state index is 12.5. The predicted octanol–water partition coefficient (Wildman–Crippen LogP) is 0.199. The molecule has 0 aromatic heterocycles. The van der Waals surface area contributed by atoms with Crippen molar-refractivity contribution < 1.29 is 18.0 Å². The van der Waals surface area contributed by atoms with Crippen molar-refractivity contribution >= 4 is 21.8 Å². The molecule has 2 rings (SSSR count). The molecule has 1 aliphatic heterocycles. The Hall–Kier alpha value is -1.93. The molecule has 0 bridgehead atoms. The average molecular weight is 325 g/mol. The van der Waals surface area contributed by atoms with E-state index in [1.807, 2.05) is 0 Å². The van der Waals surface area contributed by atoms with E-state index in [-0.39, 0.29) is 29.9 Å². The summed E-state index contributed by atoms with van der Waals surface area (Å²) in [5, 5.41) is 0. The molecular weight excluding hydrogens is 306 g/mol. The van der Waals surface area contributed by atoms with Gasteiger partial charge < -0.3 is 9.80 Å². The van der Waals surface area contributed by atoms with Crippen LogP contribution in [0.2, 0.25) is 0 Å². The van der Waals surface area contributed by atoms with Gasteiger partial charge in [-0.05, 0) is 31.2 Å². The van der Waals surface area contributed by atoms with Crippen LogP contribution >= 0.6 is 0 Å². The first kappa shape index (κ1) is 16.4. The van der Waals surface area contributed by atoms with Crippen LogP contribution in [0.25, 0.3) is 0 Å². The molecule has 0 atom stereocenters. The first-order valence-electron chi connectivity index (χ1n) is 6.87. The molecule has 22 heavy (non-hydrogen) atoms. The predicted molar refractivity (Wildman–Crippen MR) is 80.6 cm³/mol. The molecule has 1 fully saturated rings. The minimum atomic E-state index is -3.73. The van der Waals surface area contributed by atoms with Gasteiger partial charge in [0.1, 0.15) is 0 Å². The maximum absolute atomic E-state index is 12.5. The molecule has 1 aromatic rings. The van der Waals surface area contributed by atoms with E-state index in [4.69, 9.17) is 0 Å². The van der Waals surface area contributed by atoms with Gasteiger partial charge in [-0.15, -0.1) is 0 Å². The summed E-state index contributed by atoms with van der Waals surface area (Å²) in [6, 6.07) is 5.74. The van der Waals surface area contributed by atoms with Gasteiger partial charge in [0.25, 0.3) is 5.91 Å². The maximum Gasteiger partial charge on any atom is 0.253 e. The third-order valence-electron chi connectivity index (χ3n) is 3.52. The SMILES string of the molecule is CCN1CN(S(=O)(=O)c2ccc(C(=O)N(C)C)cc2)CC1=O. The number of amides is 2. The van der Waals surface area contributed by atoms with E-state index in [0.717, 1.165) is 4.31 Å². The van der Waals surface area contributed by atoms with Crippen molar-refractivity contribution in [1.82, 2.24) is 14.1 Å². The summed E-state index contributed by atoms with van der Waals surface area (Å²) >= 11 is 0. The molecule has 1 aliphatic rings. The van der Waals surface area contributed by atoms with Crippen LogP contribution in [0.4, 0.5) is 0 Å². The lowest BCUT2D eigenvalue weighted by atomic mass is 10.2. The minimum Gasteiger partial charge on any atom is -0.345 e. The highest BCUT2D eigenvalue weighted by Gasteiger charge is 2.35. The van der Waals surface area contributed by atoms with Crippen LogP contribution in [0, 0.1) is 0 Å². The van der Waals surface area contributed by atoms with Gasteiger partial charge in [-0.2, -0.15) is 4.31 Å². The Morgan fingerprint density at radius 1 is 1.23 bits per heavy atom. The monoisotopic (exact) mass is 325 g/mol. The highest BCUT2D eigenvalue weighted by Crippen LogP contribution is 2.20. The summed E-state index contributed by atoms with van der Waals surface area (Å²) in [5.74, 6) is -0.400. The first-order valence-corrected chi connectivity index (χ1v) is 8.31. The van der Waals surface area contributed by atoms with Gasteiger partial charge >= 0.3 is 0 Å².